The summed E-state index contributed by atoms with van der Waals surface area (Å²) in [5.41, 5.74) is 6.72. The van der Waals surface area contributed by atoms with Gasteiger partial charge in [-0.2, -0.15) is 4.98 Å². The van der Waals surface area contributed by atoms with Crippen LogP contribution in [0.3, 0.4) is 0 Å². The van der Waals surface area contributed by atoms with Crippen LogP contribution in [0.15, 0.2) is 24.3 Å². The molecule has 2 unspecified atom stereocenters. The summed E-state index contributed by atoms with van der Waals surface area (Å²) < 4.78 is 0. The third-order valence-electron chi connectivity index (χ3n) is 4.14. The van der Waals surface area contributed by atoms with Gasteiger partial charge in [-0.25, -0.2) is 4.98 Å². The summed E-state index contributed by atoms with van der Waals surface area (Å²) in [6.45, 7) is 4.66. The first kappa shape index (κ1) is 13.2. The van der Waals surface area contributed by atoms with Crippen molar-refractivity contribution in [2.75, 3.05) is 11.1 Å². The quantitative estimate of drug-likeness (QED) is 0.877. The van der Waals surface area contributed by atoms with E-state index < -0.39 is 0 Å². The minimum absolute atomic E-state index is 0.336. The van der Waals surface area contributed by atoms with Crippen molar-refractivity contribution in [3.63, 3.8) is 0 Å². The first-order valence-corrected chi connectivity index (χ1v) is 7.40. The SMILES string of the molecule is CC1CC(C)CC(Nc2nc(N)nc3ccccc23)C1. The zero-order valence-electron chi connectivity index (χ0n) is 12.1. The van der Waals surface area contributed by atoms with Crippen molar-refractivity contribution < 1.29 is 0 Å². The first-order chi connectivity index (χ1) is 9.61. The molecule has 2 atom stereocenters. The summed E-state index contributed by atoms with van der Waals surface area (Å²) >= 11 is 0. The summed E-state index contributed by atoms with van der Waals surface area (Å²) in [4.78, 5) is 8.69. The average molecular weight is 270 g/mol. The number of para-hydroxylation sites is 1. The van der Waals surface area contributed by atoms with Gasteiger partial charge in [-0.15, -0.1) is 0 Å². The van der Waals surface area contributed by atoms with E-state index in [1.54, 1.807) is 0 Å². The van der Waals surface area contributed by atoms with Crippen molar-refractivity contribution in [1.29, 1.82) is 0 Å². The topological polar surface area (TPSA) is 63.8 Å². The smallest absolute Gasteiger partial charge is 0.222 e. The molecule has 1 aliphatic rings. The molecule has 20 heavy (non-hydrogen) atoms. The molecule has 0 radical (unpaired) electrons. The molecule has 1 aliphatic carbocycles. The van der Waals surface area contributed by atoms with E-state index in [4.69, 9.17) is 5.73 Å². The van der Waals surface area contributed by atoms with Crippen LogP contribution in [0.5, 0.6) is 0 Å². The Balaban J connectivity index is 1.90. The molecule has 1 saturated carbocycles. The third-order valence-corrected chi connectivity index (χ3v) is 4.14. The number of fused-ring (bicyclic) bond motifs is 1. The van der Waals surface area contributed by atoms with Gasteiger partial charge < -0.3 is 11.1 Å². The van der Waals surface area contributed by atoms with Crippen molar-refractivity contribution in [2.45, 2.75) is 39.2 Å². The number of nitrogens with two attached hydrogens (primary N) is 1. The Hall–Kier alpha value is -1.84. The molecule has 0 amide bonds. The number of rotatable bonds is 2. The predicted octanol–water partition coefficient (Wildman–Crippen LogP) is 3.45. The van der Waals surface area contributed by atoms with Crippen LogP contribution < -0.4 is 11.1 Å². The van der Waals surface area contributed by atoms with E-state index in [1.165, 1.54) is 19.3 Å². The number of hydrogen-bond acceptors (Lipinski definition) is 4. The van der Waals surface area contributed by atoms with E-state index in [9.17, 15) is 0 Å². The van der Waals surface area contributed by atoms with Gasteiger partial charge in [0, 0.05) is 11.4 Å². The van der Waals surface area contributed by atoms with E-state index in [0.29, 0.717) is 12.0 Å². The van der Waals surface area contributed by atoms with Crippen molar-refractivity contribution in [3.05, 3.63) is 24.3 Å². The van der Waals surface area contributed by atoms with Crippen LogP contribution in [-0.2, 0) is 0 Å². The molecule has 3 rings (SSSR count). The second-order valence-electron chi connectivity index (χ2n) is 6.21. The highest BCUT2D eigenvalue weighted by molar-refractivity contribution is 5.89. The molecule has 2 aromatic rings. The molecular weight excluding hydrogens is 248 g/mol. The number of nitrogens with one attached hydrogen (secondary N) is 1. The molecule has 3 N–H and O–H groups in total. The molecule has 0 aliphatic heterocycles. The molecule has 4 heteroatoms. The second kappa shape index (κ2) is 5.27. The number of nitrogens with zero attached hydrogens (tertiary/aromatic N) is 2. The minimum atomic E-state index is 0.336. The summed E-state index contributed by atoms with van der Waals surface area (Å²) in [5, 5.41) is 4.64. The highest BCUT2D eigenvalue weighted by Gasteiger charge is 2.24. The van der Waals surface area contributed by atoms with Crippen LogP contribution in [0, 0.1) is 11.8 Å². The lowest BCUT2D eigenvalue weighted by molar-refractivity contribution is 0.280. The molecular formula is C16H22N4. The summed E-state index contributed by atoms with van der Waals surface area (Å²) in [7, 11) is 0. The molecule has 0 bridgehead atoms. The molecule has 0 spiro atoms. The van der Waals surface area contributed by atoms with E-state index in [-0.39, 0.29) is 0 Å². The van der Waals surface area contributed by atoms with Crippen LogP contribution in [0.4, 0.5) is 11.8 Å². The first-order valence-electron chi connectivity index (χ1n) is 7.40. The highest BCUT2D eigenvalue weighted by atomic mass is 15.1. The molecule has 1 aromatic heterocycles. The van der Waals surface area contributed by atoms with E-state index in [0.717, 1.165) is 28.6 Å². The molecule has 0 saturated heterocycles. The molecule has 4 nitrogen and oxygen atoms in total. The van der Waals surface area contributed by atoms with Crippen LogP contribution >= 0.6 is 0 Å². The normalized spacial score (nSPS) is 26.6. The van der Waals surface area contributed by atoms with Gasteiger partial charge in [0.05, 0.1) is 5.52 Å². The summed E-state index contributed by atoms with van der Waals surface area (Å²) in [6.07, 6.45) is 3.72. The monoisotopic (exact) mass is 270 g/mol. The lowest BCUT2D eigenvalue weighted by atomic mass is 9.80. The lowest BCUT2D eigenvalue weighted by Gasteiger charge is -2.32. The molecule has 1 fully saturated rings. The average Bonchev–Trinajstić information content (AvgIpc) is 2.37. The Morgan fingerprint density at radius 3 is 2.50 bits per heavy atom. The fourth-order valence-corrected chi connectivity index (χ4v) is 3.46. The lowest BCUT2D eigenvalue weighted by Crippen LogP contribution is -2.30. The molecule has 1 heterocycles. The van der Waals surface area contributed by atoms with Gasteiger partial charge in [0.25, 0.3) is 0 Å². The van der Waals surface area contributed by atoms with Crippen molar-refractivity contribution in [1.82, 2.24) is 9.97 Å². The van der Waals surface area contributed by atoms with Crippen LogP contribution in [0.25, 0.3) is 10.9 Å². The van der Waals surface area contributed by atoms with Crippen molar-refractivity contribution in [2.24, 2.45) is 11.8 Å². The number of anilines is 2. The van der Waals surface area contributed by atoms with E-state index >= 15 is 0 Å². The number of benzene rings is 1. The van der Waals surface area contributed by atoms with Gasteiger partial charge in [-0.1, -0.05) is 26.0 Å². The Bertz CT molecular complexity index is 600. The highest BCUT2D eigenvalue weighted by Crippen LogP contribution is 2.31. The van der Waals surface area contributed by atoms with Crippen LogP contribution in [0.2, 0.25) is 0 Å². The Morgan fingerprint density at radius 1 is 1.05 bits per heavy atom. The largest absolute Gasteiger partial charge is 0.368 e. The van der Waals surface area contributed by atoms with Crippen LogP contribution in [-0.4, -0.2) is 16.0 Å². The van der Waals surface area contributed by atoms with Crippen molar-refractivity contribution >= 4 is 22.7 Å². The fourth-order valence-electron chi connectivity index (χ4n) is 3.46. The summed E-state index contributed by atoms with van der Waals surface area (Å²) in [5.74, 6) is 2.74. The number of nitrogen functional groups attached to an aromatic ring is 1. The number of hydrogen-bond donors (Lipinski definition) is 2. The van der Waals surface area contributed by atoms with Gasteiger partial charge in [0.15, 0.2) is 0 Å². The third kappa shape index (κ3) is 2.69. The maximum Gasteiger partial charge on any atom is 0.222 e. The maximum absolute atomic E-state index is 5.82. The van der Waals surface area contributed by atoms with Gasteiger partial charge in [0.1, 0.15) is 5.82 Å². The summed E-state index contributed by atoms with van der Waals surface area (Å²) in [6, 6.07) is 8.49. The van der Waals surface area contributed by atoms with Crippen molar-refractivity contribution in [3.8, 4) is 0 Å². The molecule has 1 aromatic carbocycles. The van der Waals surface area contributed by atoms with Gasteiger partial charge in [0.2, 0.25) is 5.95 Å². The standard InChI is InChI=1S/C16H22N4/c1-10-7-11(2)9-12(8-10)18-15-13-5-3-4-6-14(13)19-16(17)20-15/h3-6,10-12H,7-9H2,1-2H3,(H3,17,18,19,20). The Labute approximate surface area is 119 Å². The maximum atomic E-state index is 5.82. The Morgan fingerprint density at radius 2 is 1.75 bits per heavy atom. The zero-order chi connectivity index (χ0) is 14.1. The second-order valence-corrected chi connectivity index (χ2v) is 6.21. The zero-order valence-corrected chi connectivity index (χ0v) is 12.1. The van der Waals surface area contributed by atoms with E-state index in [1.807, 2.05) is 24.3 Å². The fraction of sp³-hybridized carbons (Fsp3) is 0.500. The Kier molecular flexibility index (Phi) is 3.47. The minimum Gasteiger partial charge on any atom is -0.368 e. The van der Waals surface area contributed by atoms with Gasteiger partial charge in [-0.05, 0) is 43.2 Å². The number of aromatic nitrogens is 2. The van der Waals surface area contributed by atoms with Gasteiger partial charge in [-0.3, -0.25) is 0 Å². The molecule has 106 valence electrons. The van der Waals surface area contributed by atoms with Gasteiger partial charge >= 0.3 is 0 Å². The predicted molar refractivity (Wildman–Crippen MR) is 83.5 cm³/mol. The van der Waals surface area contributed by atoms with E-state index in [2.05, 4.69) is 29.1 Å². The van der Waals surface area contributed by atoms with Crippen LogP contribution in [0.1, 0.15) is 33.1 Å².